The number of aromatic nitrogens is 2. The topological polar surface area (TPSA) is 56.2 Å². The van der Waals surface area contributed by atoms with Crippen molar-refractivity contribution in [3.63, 3.8) is 0 Å². The summed E-state index contributed by atoms with van der Waals surface area (Å²) in [4.78, 5) is 14.9. The molecule has 30 heavy (non-hydrogen) atoms. The standard InChI is InChI=1S/C23H24ClN3O2S/c1-25-22(28)23(11-14-29-15-12-23)18-4-3-5-20(21(18)24)30-17-8-6-16(7-9-17)19-10-13-26-27(19)2/h3-10,13H,11-12,14-15H2,1-2H3,(H,25,28). The molecule has 1 aliphatic heterocycles. The van der Waals surface area contributed by atoms with Crippen molar-refractivity contribution in [1.82, 2.24) is 15.1 Å². The van der Waals surface area contributed by atoms with E-state index in [0.717, 1.165) is 26.6 Å². The minimum atomic E-state index is -0.649. The van der Waals surface area contributed by atoms with Crippen LogP contribution in [0.4, 0.5) is 0 Å². The van der Waals surface area contributed by atoms with E-state index >= 15 is 0 Å². The van der Waals surface area contributed by atoms with Crippen molar-refractivity contribution in [3.05, 3.63) is 65.3 Å². The predicted molar refractivity (Wildman–Crippen MR) is 120 cm³/mol. The van der Waals surface area contributed by atoms with Crippen molar-refractivity contribution in [2.75, 3.05) is 20.3 Å². The Morgan fingerprint density at radius 1 is 1.17 bits per heavy atom. The fourth-order valence-electron chi connectivity index (χ4n) is 4.01. The van der Waals surface area contributed by atoms with Crippen LogP contribution < -0.4 is 5.32 Å². The summed E-state index contributed by atoms with van der Waals surface area (Å²) in [5.41, 5.74) is 2.41. The van der Waals surface area contributed by atoms with Crippen LogP contribution in [-0.2, 0) is 22.0 Å². The van der Waals surface area contributed by atoms with Gasteiger partial charge in [-0.15, -0.1) is 0 Å². The molecule has 0 bridgehead atoms. The van der Waals surface area contributed by atoms with Crippen LogP contribution in [0.1, 0.15) is 18.4 Å². The van der Waals surface area contributed by atoms with Gasteiger partial charge in [0.05, 0.1) is 16.1 Å². The Balaban J connectivity index is 1.63. The van der Waals surface area contributed by atoms with E-state index in [1.54, 1.807) is 25.0 Å². The number of hydrogen-bond donors (Lipinski definition) is 1. The maximum absolute atomic E-state index is 12.8. The van der Waals surface area contributed by atoms with Crippen molar-refractivity contribution < 1.29 is 9.53 Å². The Labute approximate surface area is 185 Å². The lowest BCUT2D eigenvalue weighted by Crippen LogP contribution is -2.47. The van der Waals surface area contributed by atoms with Crippen molar-refractivity contribution in [2.45, 2.75) is 28.0 Å². The van der Waals surface area contributed by atoms with E-state index in [1.165, 1.54) is 0 Å². The van der Waals surface area contributed by atoms with Gasteiger partial charge in [-0.3, -0.25) is 9.48 Å². The predicted octanol–water partition coefficient (Wildman–Crippen LogP) is 4.69. The molecule has 0 atom stereocenters. The van der Waals surface area contributed by atoms with Gasteiger partial charge in [-0.1, -0.05) is 47.6 Å². The van der Waals surface area contributed by atoms with Gasteiger partial charge < -0.3 is 10.1 Å². The Bertz CT molecular complexity index is 1040. The van der Waals surface area contributed by atoms with Crippen LogP contribution in [0.15, 0.2) is 64.5 Å². The molecule has 0 unspecified atom stereocenters. The molecule has 1 fully saturated rings. The van der Waals surface area contributed by atoms with E-state index < -0.39 is 5.41 Å². The van der Waals surface area contributed by atoms with Crippen LogP contribution in [0.25, 0.3) is 11.3 Å². The van der Waals surface area contributed by atoms with E-state index in [2.05, 4.69) is 34.7 Å². The minimum absolute atomic E-state index is 0.00428. The third kappa shape index (κ3) is 3.87. The lowest BCUT2D eigenvalue weighted by molar-refractivity contribution is -0.129. The van der Waals surface area contributed by atoms with Gasteiger partial charge in [0, 0.05) is 43.3 Å². The summed E-state index contributed by atoms with van der Waals surface area (Å²) in [5.74, 6) is -0.00428. The molecule has 1 aromatic heterocycles. The number of ether oxygens (including phenoxy) is 1. The molecule has 5 nitrogen and oxygen atoms in total. The van der Waals surface area contributed by atoms with Gasteiger partial charge in [-0.05, 0) is 48.2 Å². The Morgan fingerprint density at radius 3 is 2.53 bits per heavy atom. The van der Waals surface area contributed by atoms with Crippen LogP contribution in [0.3, 0.4) is 0 Å². The number of hydrogen-bond acceptors (Lipinski definition) is 4. The Morgan fingerprint density at radius 2 is 1.90 bits per heavy atom. The van der Waals surface area contributed by atoms with E-state index in [0.29, 0.717) is 31.1 Å². The monoisotopic (exact) mass is 441 g/mol. The first-order valence-electron chi connectivity index (χ1n) is 9.90. The van der Waals surface area contributed by atoms with Gasteiger partial charge in [0.15, 0.2) is 0 Å². The number of benzene rings is 2. The zero-order valence-corrected chi connectivity index (χ0v) is 18.6. The quantitative estimate of drug-likeness (QED) is 0.624. The van der Waals surface area contributed by atoms with Gasteiger partial charge in [-0.2, -0.15) is 5.10 Å². The number of nitrogens with one attached hydrogen (secondary N) is 1. The highest BCUT2D eigenvalue weighted by Gasteiger charge is 2.42. The molecule has 1 saturated heterocycles. The van der Waals surface area contributed by atoms with Gasteiger partial charge >= 0.3 is 0 Å². The average Bonchev–Trinajstić information content (AvgIpc) is 3.21. The highest BCUT2D eigenvalue weighted by atomic mass is 35.5. The number of nitrogens with zero attached hydrogens (tertiary/aromatic N) is 2. The van der Waals surface area contributed by atoms with Gasteiger partial charge in [-0.25, -0.2) is 0 Å². The SMILES string of the molecule is CNC(=O)C1(c2cccc(Sc3ccc(-c4ccnn4C)cc3)c2Cl)CCOCC1. The maximum Gasteiger partial charge on any atom is 0.230 e. The normalized spacial score (nSPS) is 15.7. The minimum Gasteiger partial charge on any atom is -0.381 e. The number of likely N-dealkylation sites (N-methyl/N-ethyl adjacent to an activating group) is 1. The first-order valence-corrected chi connectivity index (χ1v) is 11.1. The highest BCUT2D eigenvalue weighted by molar-refractivity contribution is 7.99. The molecule has 0 spiro atoms. The molecule has 1 aliphatic rings. The second-order valence-electron chi connectivity index (χ2n) is 7.36. The first kappa shape index (κ1) is 21.0. The van der Waals surface area contributed by atoms with Crippen molar-refractivity contribution >= 4 is 29.3 Å². The van der Waals surface area contributed by atoms with E-state index in [9.17, 15) is 4.79 Å². The van der Waals surface area contributed by atoms with Gasteiger partial charge in [0.25, 0.3) is 0 Å². The molecule has 2 aromatic carbocycles. The number of aryl methyl sites for hydroxylation is 1. The molecule has 1 amide bonds. The number of carbonyl (C=O) groups excluding carboxylic acids is 1. The molecule has 1 N–H and O–H groups in total. The average molecular weight is 442 g/mol. The van der Waals surface area contributed by atoms with Crippen molar-refractivity contribution in [1.29, 1.82) is 0 Å². The van der Waals surface area contributed by atoms with Crippen LogP contribution in [-0.4, -0.2) is 35.9 Å². The largest absolute Gasteiger partial charge is 0.381 e. The van der Waals surface area contributed by atoms with E-state index in [-0.39, 0.29) is 5.91 Å². The number of rotatable bonds is 5. The molecule has 2 heterocycles. The summed E-state index contributed by atoms with van der Waals surface area (Å²) >= 11 is 8.47. The summed E-state index contributed by atoms with van der Waals surface area (Å²) in [5, 5.41) is 7.70. The molecule has 0 radical (unpaired) electrons. The van der Waals surface area contributed by atoms with Crippen LogP contribution >= 0.6 is 23.4 Å². The van der Waals surface area contributed by atoms with Crippen LogP contribution in [0.2, 0.25) is 5.02 Å². The smallest absolute Gasteiger partial charge is 0.230 e. The van der Waals surface area contributed by atoms with Crippen molar-refractivity contribution in [3.8, 4) is 11.3 Å². The summed E-state index contributed by atoms with van der Waals surface area (Å²) in [7, 11) is 3.61. The molecular weight excluding hydrogens is 418 g/mol. The first-order chi connectivity index (χ1) is 14.5. The lowest BCUT2D eigenvalue weighted by Gasteiger charge is -2.36. The fraction of sp³-hybridized carbons (Fsp3) is 0.304. The van der Waals surface area contributed by atoms with Crippen LogP contribution in [0, 0.1) is 0 Å². The number of carbonyl (C=O) groups is 1. The fourth-order valence-corrected chi connectivity index (χ4v) is 5.31. The van der Waals surface area contributed by atoms with Crippen LogP contribution in [0.5, 0.6) is 0 Å². The maximum atomic E-state index is 12.8. The molecule has 4 rings (SSSR count). The lowest BCUT2D eigenvalue weighted by atomic mass is 9.73. The Kier molecular flexibility index (Phi) is 6.18. The molecule has 0 aliphatic carbocycles. The third-order valence-corrected chi connectivity index (χ3v) is 7.27. The summed E-state index contributed by atoms with van der Waals surface area (Å²) in [6.45, 7) is 1.10. The molecule has 0 saturated carbocycles. The summed E-state index contributed by atoms with van der Waals surface area (Å²) in [6, 6.07) is 16.3. The second kappa shape index (κ2) is 8.84. The number of halogens is 1. The molecule has 3 aromatic rings. The summed E-state index contributed by atoms with van der Waals surface area (Å²) < 4.78 is 7.38. The molecule has 7 heteroatoms. The van der Waals surface area contributed by atoms with E-state index in [1.807, 2.05) is 36.0 Å². The zero-order chi connectivity index (χ0) is 21.1. The Hall–Kier alpha value is -2.28. The number of amides is 1. The zero-order valence-electron chi connectivity index (χ0n) is 17.0. The van der Waals surface area contributed by atoms with Gasteiger partial charge in [0.2, 0.25) is 5.91 Å². The van der Waals surface area contributed by atoms with E-state index in [4.69, 9.17) is 16.3 Å². The second-order valence-corrected chi connectivity index (χ2v) is 8.85. The molecule has 156 valence electrons. The summed E-state index contributed by atoms with van der Waals surface area (Å²) in [6.07, 6.45) is 3.04. The van der Waals surface area contributed by atoms with Gasteiger partial charge in [0.1, 0.15) is 0 Å². The highest BCUT2D eigenvalue weighted by Crippen LogP contribution is 2.44. The van der Waals surface area contributed by atoms with Crippen molar-refractivity contribution in [2.24, 2.45) is 7.05 Å². The third-order valence-electron chi connectivity index (χ3n) is 5.69. The molecular formula is C23H24ClN3O2S.